The predicted octanol–water partition coefficient (Wildman–Crippen LogP) is 1.20. The Labute approximate surface area is 116 Å². The maximum Gasteiger partial charge on any atom is 0.0589 e. The first-order chi connectivity index (χ1) is 8.79. The standard InChI is InChI=1S/C13H28N2O2S/c1-16-8-4-6-15(7-9-17-2)13(11-14)5-3-10-18-12-13/h3-12,14H2,1-2H3. The van der Waals surface area contributed by atoms with E-state index in [9.17, 15) is 0 Å². The van der Waals surface area contributed by atoms with Gasteiger partial charge >= 0.3 is 0 Å². The fraction of sp³-hybridized carbons (Fsp3) is 1.00. The summed E-state index contributed by atoms with van der Waals surface area (Å²) in [6.07, 6.45) is 3.55. The normalized spacial score (nSPS) is 24.7. The van der Waals surface area contributed by atoms with Gasteiger partial charge in [0.25, 0.3) is 0 Å². The van der Waals surface area contributed by atoms with E-state index in [-0.39, 0.29) is 5.54 Å². The molecule has 0 saturated carbocycles. The van der Waals surface area contributed by atoms with Crippen LogP contribution in [0.2, 0.25) is 0 Å². The van der Waals surface area contributed by atoms with Crippen molar-refractivity contribution in [2.24, 2.45) is 5.73 Å². The SMILES string of the molecule is COCCCN(CCOC)C1(CN)CCCSC1. The number of ether oxygens (including phenoxy) is 2. The van der Waals surface area contributed by atoms with Crippen LogP contribution in [0.25, 0.3) is 0 Å². The second-order valence-corrected chi connectivity index (χ2v) is 6.02. The van der Waals surface area contributed by atoms with E-state index < -0.39 is 0 Å². The summed E-state index contributed by atoms with van der Waals surface area (Å²) in [5.74, 6) is 2.43. The lowest BCUT2D eigenvalue weighted by atomic mass is 9.92. The van der Waals surface area contributed by atoms with Crippen LogP contribution in [-0.4, -0.2) is 69.0 Å². The molecular weight excluding hydrogens is 248 g/mol. The van der Waals surface area contributed by atoms with Crippen LogP contribution in [0.3, 0.4) is 0 Å². The Bertz CT molecular complexity index is 211. The second-order valence-electron chi connectivity index (χ2n) is 4.91. The van der Waals surface area contributed by atoms with Crippen LogP contribution in [0.4, 0.5) is 0 Å². The van der Waals surface area contributed by atoms with Crippen molar-refractivity contribution >= 4 is 11.8 Å². The zero-order chi connectivity index (χ0) is 13.3. The number of thioether (sulfide) groups is 1. The fourth-order valence-electron chi connectivity index (χ4n) is 2.56. The third kappa shape index (κ3) is 4.70. The first-order valence-electron chi connectivity index (χ1n) is 6.80. The van der Waals surface area contributed by atoms with Gasteiger partial charge in [-0.1, -0.05) is 0 Å². The van der Waals surface area contributed by atoms with Crippen LogP contribution < -0.4 is 5.73 Å². The summed E-state index contributed by atoms with van der Waals surface area (Å²) in [6.45, 7) is 4.36. The van der Waals surface area contributed by atoms with Gasteiger partial charge in [0.1, 0.15) is 0 Å². The van der Waals surface area contributed by atoms with Gasteiger partial charge in [-0.3, -0.25) is 4.90 Å². The molecule has 1 aliphatic rings. The highest BCUT2D eigenvalue weighted by Gasteiger charge is 2.36. The summed E-state index contributed by atoms with van der Waals surface area (Å²) in [5, 5.41) is 0. The summed E-state index contributed by atoms with van der Waals surface area (Å²) in [6, 6.07) is 0. The van der Waals surface area contributed by atoms with Crippen molar-refractivity contribution in [3.8, 4) is 0 Å². The Balaban J connectivity index is 2.58. The Morgan fingerprint density at radius 1 is 1.22 bits per heavy atom. The van der Waals surface area contributed by atoms with Gasteiger partial charge in [-0.25, -0.2) is 0 Å². The highest BCUT2D eigenvalue weighted by atomic mass is 32.2. The topological polar surface area (TPSA) is 47.7 Å². The van der Waals surface area contributed by atoms with Gasteiger partial charge in [-0.05, 0) is 25.0 Å². The van der Waals surface area contributed by atoms with E-state index in [1.54, 1.807) is 14.2 Å². The van der Waals surface area contributed by atoms with Gasteiger partial charge in [0.05, 0.1) is 6.61 Å². The maximum absolute atomic E-state index is 6.09. The first-order valence-corrected chi connectivity index (χ1v) is 7.95. The van der Waals surface area contributed by atoms with Crippen molar-refractivity contribution in [1.29, 1.82) is 0 Å². The Morgan fingerprint density at radius 3 is 2.56 bits per heavy atom. The highest BCUT2D eigenvalue weighted by Crippen LogP contribution is 2.31. The summed E-state index contributed by atoms with van der Waals surface area (Å²) >= 11 is 2.03. The highest BCUT2D eigenvalue weighted by molar-refractivity contribution is 7.99. The van der Waals surface area contributed by atoms with Crippen molar-refractivity contribution in [2.45, 2.75) is 24.8 Å². The molecule has 0 aromatic heterocycles. The van der Waals surface area contributed by atoms with E-state index >= 15 is 0 Å². The number of hydrogen-bond acceptors (Lipinski definition) is 5. The van der Waals surface area contributed by atoms with Crippen molar-refractivity contribution in [1.82, 2.24) is 4.90 Å². The quantitative estimate of drug-likeness (QED) is 0.641. The molecule has 0 amide bonds. The molecule has 18 heavy (non-hydrogen) atoms. The summed E-state index contributed by atoms with van der Waals surface area (Å²) in [5.41, 5.74) is 6.26. The third-order valence-electron chi connectivity index (χ3n) is 3.69. The lowest BCUT2D eigenvalue weighted by molar-refractivity contribution is 0.0572. The Morgan fingerprint density at radius 2 is 2.00 bits per heavy atom. The molecule has 4 nitrogen and oxygen atoms in total. The molecule has 0 aliphatic carbocycles. The Hall–Kier alpha value is 0.190. The van der Waals surface area contributed by atoms with E-state index in [0.29, 0.717) is 0 Å². The van der Waals surface area contributed by atoms with Gasteiger partial charge in [-0.15, -0.1) is 0 Å². The second kappa shape index (κ2) is 9.15. The van der Waals surface area contributed by atoms with Gasteiger partial charge in [0.2, 0.25) is 0 Å². The molecule has 0 bridgehead atoms. The summed E-state index contributed by atoms with van der Waals surface area (Å²) in [4.78, 5) is 2.53. The van der Waals surface area contributed by atoms with Gasteiger partial charge < -0.3 is 15.2 Å². The number of methoxy groups -OCH3 is 2. The number of rotatable bonds is 9. The van der Waals surface area contributed by atoms with Gasteiger partial charge in [0.15, 0.2) is 0 Å². The Kier molecular flexibility index (Phi) is 8.26. The summed E-state index contributed by atoms with van der Waals surface area (Å²) in [7, 11) is 3.52. The van der Waals surface area contributed by atoms with Crippen molar-refractivity contribution < 1.29 is 9.47 Å². The van der Waals surface area contributed by atoms with Gasteiger partial charge in [0, 0.05) is 51.8 Å². The largest absolute Gasteiger partial charge is 0.385 e. The monoisotopic (exact) mass is 276 g/mol. The van der Waals surface area contributed by atoms with Crippen LogP contribution in [0.5, 0.6) is 0 Å². The predicted molar refractivity (Wildman–Crippen MR) is 78.3 cm³/mol. The van der Waals surface area contributed by atoms with Crippen LogP contribution >= 0.6 is 11.8 Å². The first kappa shape index (κ1) is 16.2. The van der Waals surface area contributed by atoms with E-state index in [4.69, 9.17) is 15.2 Å². The molecule has 1 aliphatic heterocycles. The van der Waals surface area contributed by atoms with Crippen LogP contribution in [0.1, 0.15) is 19.3 Å². The minimum Gasteiger partial charge on any atom is -0.385 e. The molecule has 0 radical (unpaired) electrons. The number of hydrogen-bond donors (Lipinski definition) is 1. The molecule has 1 saturated heterocycles. The molecule has 1 rings (SSSR count). The van der Waals surface area contributed by atoms with Crippen LogP contribution in [-0.2, 0) is 9.47 Å². The van der Waals surface area contributed by atoms with E-state index in [1.165, 1.54) is 18.6 Å². The molecule has 1 heterocycles. The molecule has 108 valence electrons. The maximum atomic E-state index is 6.09. The third-order valence-corrected chi connectivity index (χ3v) is 5.01. The molecule has 1 atom stereocenters. The zero-order valence-electron chi connectivity index (χ0n) is 11.8. The van der Waals surface area contributed by atoms with E-state index in [1.807, 2.05) is 11.8 Å². The molecule has 0 spiro atoms. The fourth-order valence-corrected chi connectivity index (χ4v) is 3.88. The lowest BCUT2D eigenvalue weighted by Crippen LogP contribution is -2.58. The molecular formula is C13H28N2O2S. The minimum absolute atomic E-state index is 0.176. The summed E-state index contributed by atoms with van der Waals surface area (Å²) < 4.78 is 10.4. The zero-order valence-corrected chi connectivity index (χ0v) is 12.6. The average molecular weight is 276 g/mol. The number of nitrogens with zero attached hydrogens (tertiary/aromatic N) is 1. The minimum atomic E-state index is 0.176. The smallest absolute Gasteiger partial charge is 0.0589 e. The number of nitrogens with two attached hydrogens (primary N) is 1. The van der Waals surface area contributed by atoms with Gasteiger partial charge in [-0.2, -0.15) is 11.8 Å². The molecule has 2 N–H and O–H groups in total. The van der Waals surface area contributed by atoms with Crippen LogP contribution in [0, 0.1) is 0 Å². The molecule has 1 unspecified atom stereocenters. The van der Waals surface area contributed by atoms with Crippen molar-refractivity contribution in [2.75, 3.05) is 58.6 Å². The van der Waals surface area contributed by atoms with E-state index in [2.05, 4.69) is 4.90 Å². The molecule has 0 aromatic rings. The molecule has 5 heteroatoms. The van der Waals surface area contributed by atoms with Crippen molar-refractivity contribution in [3.63, 3.8) is 0 Å². The lowest BCUT2D eigenvalue weighted by Gasteiger charge is -2.45. The van der Waals surface area contributed by atoms with Crippen molar-refractivity contribution in [3.05, 3.63) is 0 Å². The molecule has 1 fully saturated rings. The average Bonchev–Trinajstić information content (AvgIpc) is 2.43. The van der Waals surface area contributed by atoms with Crippen LogP contribution in [0.15, 0.2) is 0 Å². The molecule has 0 aromatic carbocycles. The van der Waals surface area contributed by atoms with E-state index in [0.717, 1.165) is 45.0 Å².